The second-order valence-electron chi connectivity index (χ2n) is 4.83. The Kier molecular flexibility index (Phi) is 3.82. The highest BCUT2D eigenvalue weighted by Crippen LogP contribution is 2.23. The number of sulfonamides is 1. The van der Waals surface area contributed by atoms with Crippen LogP contribution in [0.2, 0.25) is 0 Å². The van der Waals surface area contributed by atoms with Gasteiger partial charge in [0, 0.05) is 23.5 Å². The lowest BCUT2D eigenvalue weighted by atomic mass is 10.1. The summed E-state index contributed by atoms with van der Waals surface area (Å²) in [6, 6.07) is 2.73. The maximum Gasteiger partial charge on any atom is 0.241 e. The highest BCUT2D eigenvalue weighted by molar-refractivity contribution is 7.89. The molecule has 4 N–H and O–H groups in total. The number of nitrogens with two attached hydrogens (primary N) is 1. The molecule has 1 aromatic carbocycles. The Morgan fingerprint density at radius 3 is 2.60 bits per heavy atom. The predicted molar refractivity (Wildman–Crippen MR) is 77.7 cm³/mol. The van der Waals surface area contributed by atoms with Crippen LogP contribution in [0.4, 0.5) is 5.69 Å². The van der Waals surface area contributed by atoms with Gasteiger partial charge < -0.3 is 5.73 Å². The fourth-order valence-electron chi connectivity index (χ4n) is 1.87. The molecule has 0 amide bonds. The molecular weight excluding hydrogens is 276 g/mol. The van der Waals surface area contributed by atoms with Crippen LogP contribution < -0.4 is 10.5 Å². The maximum atomic E-state index is 12.4. The molecule has 0 radical (unpaired) electrons. The van der Waals surface area contributed by atoms with E-state index in [0.29, 0.717) is 5.69 Å². The van der Waals surface area contributed by atoms with Crippen molar-refractivity contribution in [1.82, 2.24) is 14.9 Å². The lowest BCUT2D eigenvalue weighted by molar-refractivity contribution is 0.567. The molecule has 1 heterocycles. The number of benzene rings is 1. The van der Waals surface area contributed by atoms with Crippen LogP contribution in [0, 0.1) is 13.8 Å². The number of hydrogen-bond acceptors (Lipinski definition) is 4. The number of aromatic nitrogens is 2. The second kappa shape index (κ2) is 5.26. The molecule has 0 saturated heterocycles. The van der Waals surface area contributed by atoms with Crippen LogP contribution in [0.5, 0.6) is 0 Å². The lowest BCUT2D eigenvalue weighted by Crippen LogP contribution is -2.27. The first-order chi connectivity index (χ1) is 9.31. The topological polar surface area (TPSA) is 101 Å². The Hall–Kier alpha value is -1.86. The van der Waals surface area contributed by atoms with Crippen molar-refractivity contribution in [3.8, 4) is 0 Å². The zero-order valence-corrected chi connectivity index (χ0v) is 12.5. The van der Waals surface area contributed by atoms with E-state index in [4.69, 9.17) is 5.73 Å². The summed E-state index contributed by atoms with van der Waals surface area (Å²) in [4.78, 5) is 0.174. The number of nitrogens with one attached hydrogen (secondary N) is 2. The number of nitrogens with zero attached hydrogens (tertiary/aromatic N) is 1. The summed E-state index contributed by atoms with van der Waals surface area (Å²) < 4.78 is 27.3. The predicted octanol–water partition coefficient (Wildman–Crippen LogP) is 1.65. The number of H-pyrrole nitrogens is 1. The number of aromatic amines is 1. The summed E-state index contributed by atoms with van der Waals surface area (Å²) >= 11 is 0. The Labute approximate surface area is 118 Å². The molecular formula is C13H18N4O2S. The summed E-state index contributed by atoms with van der Waals surface area (Å²) in [5, 5.41) is 6.46. The SMILES string of the molecule is Cc1cc(S(=O)(=O)NC(C)c2cn[nH]c2)cc(N)c1C. The largest absolute Gasteiger partial charge is 0.398 e. The van der Waals surface area contributed by atoms with Crippen LogP contribution in [0.3, 0.4) is 0 Å². The van der Waals surface area contributed by atoms with Crippen molar-refractivity contribution in [1.29, 1.82) is 0 Å². The van der Waals surface area contributed by atoms with Crippen LogP contribution in [-0.4, -0.2) is 18.6 Å². The molecule has 0 aliphatic heterocycles. The van der Waals surface area contributed by atoms with E-state index in [1.807, 2.05) is 13.8 Å². The van der Waals surface area contributed by atoms with Gasteiger partial charge in [0.2, 0.25) is 10.0 Å². The number of anilines is 1. The molecule has 1 atom stereocenters. The monoisotopic (exact) mass is 294 g/mol. The molecule has 0 spiro atoms. The van der Waals surface area contributed by atoms with E-state index < -0.39 is 10.0 Å². The minimum absolute atomic E-state index is 0.174. The Morgan fingerprint density at radius 2 is 2.05 bits per heavy atom. The molecule has 6 nitrogen and oxygen atoms in total. The molecule has 0 fully saturated rings. The van der Waals surface area contributed by atoms with Gasteiger partial charge in [-0.15, -0.1) is 0 Å². The zero-order chi connectivity index (χ0) is 14.9. The molecule has 1 unspecified atom stereocenters. The third-order valence-corrected chi connectivity index (χ3v) is 4.86. The van der Waals surface area contributed by atoms with Crippen LogP contribution in [-0.2, 0) is 10.0 Å². The van der Waals surface area contributed by atoms with Gasteiger partial charge in [-0.3, -0.25) is 5.10 Å². The van der Waals surface area contributed by atoms with Crippen molar-refractivity contribution in [3.05, 3.63) is 41.2 Å². The standard InChI is InChI=1S/C13H18N4O2S/c1-8-4-12(5-13(14)9(8)2)20(18,19)17-10(3)11-6-15-16-7-11/h4-7,10,17H,14H2,1-3H3,(H,15,16). The van der Waals surface area contributed by atoms with Crippen molar-refractivity contribution >= 4 is 15.7 Å². The first kappa shape index (κ1) is 14.5. The fourth-order valence-corrected chi connectivity index (χ4v) is 3.23. The third kappa shape index (κ3) is 2.83. The molecule has 0 saturated carbocycles. The number of rotatable bonds is 4. The summed E-state index contributed by atoms with van der Waals surface area (Å²) in [6.45, 7) is 5.46. The van der Waals surface area contributed by atoms with Crippen molar-refractivity contribution in [2.45, 2.75) is 31.7 Å². The molecule has 0 aliphatic rings. The van der Waals surface area contributed by atoms with E-state index in [9.17, 15) is 8.42 Å². The van der Waals surface area contributed by atoms with E-state index in [1.54, 1.807) is 25.4 Å². The van der Waals surface area contributed by atoms with Crippen molar-refractivity contribution in [2.75, 3.05) is 5.73 Å². The lowest BCUT2D eigenvalue weighted by Gasteiger charge is -2.14. The second-order valence-corrected chi connectivity index (χ2v) is 6.54. The Bertz CT molecular complexity index is 685. The van der Waals surface area contributed by atoms with Gasteiger partial charge >= 0.3 is 0 Å². The molecule has 0 bridgehead atoms. The quantitative estimate of drug-likeness (QED) is 0.746. The van der Waals surface area contributed by atoms with Gasteiger partial charge in [0.05, 0.1) is 11.1 Å². The normalized spacial score (nSPS) is 13.3. The molecule has 0 aliphatic carbocycles. The van der Waals surface area contributed by atoms with Crippen molar-refractivity contribution in [2.24, 2.45) is 0 Å². The van der Waals surface area contributed by atoms with Gasteiger partial charge in [-0.1, -0.05) is 0 Å². The van der Waals surface area contributed by atoms with Crippen LogP contribution in [0.1, 0.15) is 29.7 Å². The molecule has 1 aromatic heterocycles. The molecule has 2 aromatic rings. The molecule has 108 valence electrons. The molecule has 2 rings (SSSR count). The van der Waals surface area contributed by atoms with Gasteiger partial charge in [-0.05, 0) is 44.0 Å². The Morgan fingerprint density at radius 1 is 1.35 bits per heavy atom. The average Bonchev–Trinajstić information content (AvgIpc) is 2.88. The number of nitrogen functional groups attached to an aromatic ring is 1. The van der Waals surface area contributed by atoms with Gasteiger partial charge in [-0.25, -0.2) is 13.1 Å². The van der Waals surface area contributed by atoms with Gasteiger partial charge in [0.15, 0.2) is 0 Å². The molecule has 7 heteroatoms. The first-order valence-corrected chi connectivity index (χ1v) is 7.67. The van der Waals surface area contributed by atoms with E-state index in [1.165, 1.54) is 6.07 Å². The fraction of sp³-hybridized carbons (Fsp3) is 0.308. The summed E-state index contributed by atoms with van der Waals surface area (Å²) in [5.41, 5.74) is 8.82. The third-order valence-electron chi connectivity index (χ3n) is 3.34. The van der Waals surface area contributed by atoms with Crippen LogP contribution >= 0.6 is 0 Å². The minimum Gasteiger partial charge on any atom is -0.398 e. The highest BCUT2D eigenvalue weighted by Gasteiger charge is 2.20. The average molecular weight is 294 g/mol. The van der Waals surface area contributed by atoms with E-state index >= 15 is 0 Å². The number of aryl methyl sites for hydroxylation is 1. The van der Waals surface area contributed by atoms with Gasteiger partial charge in [0.1, 0.15) is 0 Å². The first-order valence-electron chi connectivity index (χ1n) is 6.19. The smallest absolute Gasteiger partial charge is 0.241 e. The van der Waals surface area contributed by atoms with Gasteiger partial charge in [0.25, 0.3) is 0 Å². The van der Waals surface area contributed by atoms with Crippen LogP contribution in [0.25, 0.3) is 0 Å². The summed E-state index contributed by atoms with van der Waals surface area (Å²) in [5.74, 6) is 0. The van der Waals surface area contributed by atoms with Crippen molar-refractivity contribution in [3.63, 3.8) is 0 Å². The summed E-state index contributed by atoms with van der Waals surface area (Å²) in [7, 11) is -3.62. The van der Waals surface area contributed by atoms with Crippen LogP contribution in [0.15, 0.2) is 29.4 Å². The zero-order valence-electron chi connectivity index (χ0n) is 11.6. The minimum atomic E-state index is -3.62. The van der Waals surface area contributed by atoms with E-state index in [2.05, 4.69) is 14.9 Å². The number of hydrogen-bond donors (Lipinski definition) is 3. The van der Waals surface area contributed by atoms with Gasteiger partial charge in [-0.2, -0.15) is 5.10 Å². The highest BCUT2D eigenvalue weighted by atomic mass is 32.2. The van der Waals surface area contributed by atoms with E-state index in [-0.39, 0.29) is 10.9 Å². The van der Waals surface area contributed by atoms with Crippen molar-refractivity contribution < 1.29 is 8.42 Å². The van der Waals surface area contributed by atoms with E-state index in [0.717, 1.165) is 16.7 Å². The maximum absolute atomic E-state index is 12.4. The molecule has 20 heavy (non-hydrogen) atoms. The summed E-state index contributed by atoms with van der Waals surface area (Å²) in [6.07, 6.45) is 3.24. The Balaban J connectivity index is 2.31.